The summed E-state index contributed by atoms with van der Waals surface area (Å²) in [4.78, 5) is 4.62. The van der Waals surface area contributed by atoms with Gasteiger partial charge in [0.1, 0.15) is 0 Å². The van der Waals surface area contributed by atoms with Crippen LogP contribution in [0.3, 0.4) is 0 Å². The maximum absolute atomic E-state index is 4.62. The minimum absolute atomic E-state index is 0.929. The second-order valence-corrected chi connectivity index (χ2v) is 5.80. The van der Waals surface area contributed by atoms with Crippen LogP contribution in [0.1, 0.15) is 11.1 Å². The highest BCUT2D eigenvalue weighted by molar-refractivity contribution is 6.02. The van der Waals surface area contributed by atoms with Crippen LogP contribution in [0.25, 0.3) is 0 Å². The summed E-state index contributed by atoms with van der Waals surface area (Å²) in [6.45, 7) is 0. The third-order valence-corrected chi connectivity index (χ3v) is 4.13. The molecule has 2 heterocycles. The predicted octanol–water partition coefficient (Wildman–Crippen LogP) is 4.98. The number of allylic oxidation sites excluding steroid dienone is 6. The number of fused-ring (bicyclic) bond motifs is 2. The molecule has 2 heteroatoms. The van der Waals surface area contributed by atoms with Crippen molar-refractivity contribution in [3.8, 4) is 0 Å². The van der Waals surface area contributed by atoms with E-state index in [9.17, 15) is 0 Å². The topological polar surface area (TPSA) is 24.4 Å². The predicted molar refractivity (Wildman–Crippen MR) is 97.4 cm³/mol. The van der Waals surface area contributed by atoms with E-state index in [-0.39, 0.29) is 0 Å². The highest BCUT2D eigenvalue weighted by Gasteiger charge is 2.12. The number of hydrogen-bond donors (Lipinski definition) is 1. The second-order valence-electron chi connectivity index (χ2n) is 5.80. The molecule has 2 aromatic rings. The first-order valence-electron chi connectivity index (χ1n) is 7.93. The quantitative estimate of drug-likeness (QED) is 0.794. The van der Waals surface area contributed by atoms with Gasteiger partial charge in [0, 0.05) is 29.9 Å². The molecule has 0 fully saturated rings. The van der Waals surface area contributed by atoms with Crippen molar-refractivity contribution in [3.05, 3.63) is 95.7 Å². The van der Waals surface area contributed by atoms with E-state index in [2.05, 4.69) is 83.2 Å². The molecular weight excluding hydrogens is 280 g/mol. The molecule has 4 rings (SSSR count). The van der Waals surface area contributed by atoms with Gasteiger partial charge in [-0.1, -0.05) is 54.6 Å². The van der Waals surface area contributed by atoms with Crippen LogP contribution in [-0.4, -0.2) is 5.71 Å². The van der Waals surface area contributed by atoms with Gasteiger partial charge in [-0.3, -0.25) is 4.99 Å². The zero-order chi connectivity index (χ0) is 15.5. The summed E-state index contributed by atoms with van der Waals surface area (Å²) in [6.07, 6.45) is 12.3. The molecule has 1 N–H and O–H groups in total. The lowest BCUT2D eigenvalue weighted by molar-refractivity contribution is 1.25. The molecule has 2 aromatic carbocycles. The summed E-state index contributed by atoms with van der Waals surface area (Å²) in [5.74, 6) is 0. The third-order valence-electron chi connectivity index (χ3n) is 4.13. The summed E-state index contributed by atoms with van der Waals surface area (Å²) in [6, 6.07) is 16.8. The third kappa shape index (κ3) is 3.02. The number of nitrogens with zero attached hydrogens (tertiary/aromatic N) is 1. The maximum Gasteiger partial charge on any atom is 0.0669 e. The standard InChI is InChI=1S/C21H18N2/c1(2-10-18-14-16-8-4-6-12-20(16)22-18)3-11-19-15-17-9-5-7-13-21(17)23-19/h1-13,22H,14-15H2/b2-1+,11-3+,18-10-. The van der Waals surface area contributed by atoms with Gasteiger partial charge in [0.2, 0.25) is 0 Å². The van der Waals surface area contributed by atoms with Crippen molar-refractivity contribution in [2.24, 2.45) is 4.99 Å². The highest BCUT2D eigenvalue weighted by atomic mass is 14.9. The van der Waals surface area contributed by atoms with Crippen LogP contribution in [0.15, 0.2) is 89.6 Å². The van der Waals surface area contributed by atoms with Crippen molar-refractivity contribution in [2.75, 3.05) is 5.32 Å². The Morgan fingerprint density at radius 3 is 2.52 bits per heavy atom. The monoisotopic (exact) mass is 298 g/mol. The van der Waals surface area contributed by atoms with Crippen LogP contribution in [0.5, 0.6) is 0 Å². The van der Waals surface area contributed by atoms with Gasteiger partial charge in [0.05, 0.1) is 5.69 Å². The zero-order valence-corrected chi connectivity index (χ0v) is 12.9. The Morgan fingerprint density at radius 1 is 0.826 bits per heavy atom. The fourth-order valence-corrected chi connectivity index (χ4v) is 2.98. The Kier molecular flexibility index (Phi) is 3.65. The summed E-state index contributed by atoms with van der Waals surface area (Å²) < 4.78 is 0. The van der Waals surface area contributed by atoms with E-state index in [4.69, 9.17) is 0 Å². The first-order chi connectivity index (χ1) is 11.4. The van der Waals surface area contributed by atoms with E-state index >= 15 is 0 Å². The van der Waals surface area contributed by atoms with E-state index < -0.39 is 0 Å². The number of nitrogens with one attached hydrogen (secondary N) is 1. The first-order valence-corrected chi connectivity index (χ1v) is 7.93. The van der Waals surface area contributed by atoms with Crippen LogP contribution >= 0.6 is 0 Å². The van der Waals surface area contributed by atoms with Crippen LogP contribution in [0.4, 0.5) is 11.4 Å². The van der Waals surface area contributed by atoms with Crippen LogP contribution in [-0.2, 0) is 12.8 Å². The van der Waals surface area contributed by atoms with Crippen LogP contribution in [0.2, 0.25) is 0 Å². The smallest absolute Gasteiger partial charge is 0.0669 e. The van der Waals surface area contributed by atoms with E-state index in [0.29, 0.717) is 0 Å². The number of aliphatic imine (C=N–C) groups is 1. The molecule has 0 spiro atoms. The van der Waals surface area contributed by atoms with Gasteiger partial charge < -0.3 is 5.32 Å². The average Bonchev–Trinajstić information content (AvgIpc) is 3.17. The second kappa shape index (κ2) is 6.09. The molecule has 0 aliphatic carbocycles. The van der Waals surface area contributed by atoms with Crippen molar-refractivity contribution in [2.45, 2.75) is 12.8 Å². The van der Waals surface area contributed by atoms with Crippen LogP contribution in [0, 0.1) is 0 Å². The maximum atomic E-state index is 4.62. The van der Waals surface area contributed by atoms with Crippen molar-refractivity contribution >= 4 is 17.1 Å². The molecule has 0 saturated carbocycles. The Bertz CT molecular complexity index is 827. The molecule has 0 atom stereocenters. The van der Waals surface area contributed by atoms with Gasteiger partial charge in [-0.05, 0) is 35.4 Å². The summed E-state index contributed by atoms with van der Waals surface area (Å²) >= 11 is 0. The van der Waals surface area contributed by atoms with Crippen LogP contribution < -0.4 is 5.32 Å². The summed E-state index contributed by atoms with van der Waals surface area (Å²) in [5, 5.41) is 3.44. The molecule has 2 aliphatic rings. The fourth-order valence-electron chi connectivity index (χ4n) is 2.98. The van der Waals surface area contributed by atoms with Crippen molar-refractivity contribution < 1.29 is 0 Å². The van der Waals surface area contributed by atoms with Gasteiger partial charge in [-0.15, -0.1) is 0 Å². The molecule has 0 saturated heterocycles. The molecule has 0 unspecified atom stereocenters. The molecular formula is C21H18N2. The normalized spacial score (nSPS) is 17.6. The fraction of sp³-hybridized carbons (Fsp3) is 0.0952. The molecule has 2 aliphatic heterocycles. The lowest BCUT2D eigenvalue weighted by atomic mass is 10.1. The van der Waals surface area contributed by atoms with Gasteiger partial charge in [0.25, 0.3) is 0 Å². The SMILES string of the molecule is C(/C=C/C=C/C1=Nc2ccccc2C1)=C1\Cc2ccccc2N1. The van der Waals surface area contributed by atoms with Crippen molar-refractivity contribution in [1.29, 1.82) is 0 Å². The first kappa shape index (κ1) is 13.8. The Morgan fingerprint density at radius 2 is 1.65 bits per heavy atom. The van der Waals surface area contributed by atoms with Gasteiger partial charge in [0.15, 0.2) is 0 Å². The number of hydrogen-bond acceptors (Lipinski definition) is 2. The van der Waals surface area contributed by atoms with E-state index in [1.165, 1.54) is 22.5 Å². The Balaban J connectivity index is 1.36. The number of rotatable bonds is 3. The number of anilines is 1. The highest BCUT2D eigenvalue weighted by Crippen LogP contribution is 2.27. The molecule has 2 nitrogen and oxygen atoms in total. The number of benzene rings is 2. The van der Waals surface area contributed by atoms with Gasteiger partial charge in [-0.25, -0.2) is 0 Å². The van der Waals surface area contributed by atoms with E-state index in [1.807, 2.05) is 6.07 Å². The average molecular weight is 298 g/mol. The molecule has 112 valence electrons. The largest absolute Gasteiger partial charge is 0.358 e. The summed E-state index contributed by atoms with van der Waals surface area (Å²) in [5.41, 5.74) is 7.36. The molecule has 0 amide bonds. The zero-order valence-electron chi connectivity index (χ0n) is 12.9. The molecule has 0 radical (unpaired) electrons. The van der Waals surface area contributed by atoms with Gasteiger partial charge >= 0.3 is 0 Å². The van der Waals surface area contributed by atoms with Crippen molar-refractivity contribution in [3.63, 3.8) is 0 Å². The molecule has 0 bridgehead atoms. The Hall–Kier alpha value is -2.87. The van der Waals surface area contributed by atoms with E-state index in [0.717, 1.165) is 24.2 Å². The van der Waals surface area contributed by atoms with Gasteiger partial charge in [-0.2, -0.15) is 0 Å². The lowest BCUT2D eigenvalue weighted by Gasteiger charge is -1.96. The van der Waals surface area contributed by atoms with E-state index in [1.54, 1.807) is 0 Å². The minimum atomic E-state index is 0.929. The minimum Gasteiger partial charge on any atom is -0.358 e. The number of para-hydroxylation sites is 2. The summed E-state index contributed by atoms with van der Waals surface area (Å²) in [7, 11) is 0. The Labute approximate surface area is 136 Å². The molecule has 23 heavy (non-hydrogen) atoms. The van der Waals surface area contributed by atoms with Crippen molar-refractivity contribution in [1.82, 2.24) is 0 Å². The molecule has 0 aromatic heterocycles. The lowest BCUT2D eigenvalue weighted by Crippen LogP contribution is -1.91.